The number of hydrogen-bond donors (Lipinski definition) is 1. The highest BCUT2D eigenvalue weighted by molar-refractivity contribution is 5.61. The van der Waals surface area contributed by atoms with Crippen molar-refractivity contribution in [1.29, 1.82) is 0 Å². The van der Waals surface area contributed by atoms with E-state index in [0.29, 0.717) is 6.42 Å². The third kappa shape index (κ3) is 3.54. The van der Waals surface area contributed by atoms with E-state index in [-0.39, 0.29) is 17.4 Å². The summed E-state index contributed by atoms with van der Waals surface area (Å²) in [5.41, 5.74) is 1.20. The molecule has 20 heavy (non-hydrogen) atoms. The lowest BCUT2D eigenvalue weighted by molar-refractivity contribution is -0.384. The number of nitro groups is 1. The van der Waals surface area contributed by atoms with Crippen LogP contribution in [0.1, 0.15) is 12.5 Å². The zero-order chi connectivity index (χ0) is 14.5. The molecule has 0 saturated heterocycles. The standard InChI is InChI=1S/C15H15FN2O2/c1-11(9-12-5-3-2-4-6-12)17-14-10-13(16)7-8-15(14)18(19)20/h2-8,10-11,17H,9H2,1H3. The van der Waals surface area contributed by atoms with Crippen molar-refractivity contribution in [3.05, 3.63) is 70.0 Å². The lowest BCUT2D eigenvalue weighted by atomic mass is 10.1. The summed E-state index contributed by atoms with van der Waals surface area (Å²) in [5, 5.41) is 13.9. The molecule has 1 atom stereocenters. The number of rotatable bonds is 5. The minimum absolute atomic E-state index is 0.0436. The van der Waals surface area contributed by atoms with E-state index in [2.05, 4.69) is 5.32 Å². The molecule has 0 aliphatic carbocycles. The fourth-order valence-electron chi connectivity index (χ4n) is 2.07. The molecule has 5 heteroatoms. The molecule has 0 aliphatic heterocycles. The van der Waals surface area contributed by atoms with Gasteiger partial charge in [0.05, 0.1) is 4.92 Å². The van der Waals surface area contributed by atoms with Crippen molar-refractivity contribution in [3.63, 3.8) is 0 Å². The van der Waals surface area contributed by atoms with Crippen molar-refractivity contribution in [2.75, 3.05) is 5.32 Å². The molecule has 2 aromatic rings. The van der Waals surface area contributed by atoms with E-state index in [1.54, 1.807) is 0 Å². The first-order valence-electron chi connectivity index (χ1n) is 6.30. The van der Waals surface area contributed by atoms with Crippen LogP contribution in [0.3, 0.4) is 0 Å². The van der Waals surface area contributed by atoms with Crippen LogP contribution in [0, 0.1) is 15.9 Å². The second kappa shape index (κ2) is 6.14. The lowest BCUT2D eigenvalue weighted by Crippen LogP contribution is -2.19. The molecule has 4 nitrogen and oxygen atoms in total. The molecular weight excluding hydrogens is 259 g/mol. The fourth-order valence-corrected chi connectivity index (χ4v) is 2.07. The Kier molecular flexibility index (Phi) is 4.30. The smallest absolute Gasteiger partial charge is 0.292 e. The predicted octanol–water partition coefficient (Wildman–Crippen LogP) is 3.78. The number of nitro benzene ring substituents is 1. The molecule has 0 bridgehead atoms. The van der Waals surface area contributed by atoms with Crippen LogP contribution >= 0.6 is 0 Å². The largest absolute Gasteiger partial charge is 0.377 e. The summed E-state index contributed by atoms with van der Waals surface area (Å²) in [6.45, 7) is 1.90. The number of nitrogens with one attached hydrogen (secondary N) is 1. The van der Waals surface area contributed by atoms with E-state index in [9.17, 15) is 14.5 Å². The first kappa shape index (κ1) is 14.0. The van der Waals surface area contributed by atoms with Crippen molar-refractivity contribution >= 4 is 11.4 Å². The first-order chi connectivity index (χ1) is 9.56. The molecule has 2 rings (SSSR count). The van der Waals surface area contributed by atoms with Gasteiger partial charge in [0.25, 0.3) is 5.69 Å². The number of halogens is 1. The molecule has 0 aromatic heterocycles. The summed E-state index contributed by atoms with van der Waals surface area (Å²) >= 11 is 0. The minimum Gasteiger partial charge on any atom is -0.377 e. The highest BCUT2D eigenvalue weighted by Gasteiger charge is 2.16. The quantitative estimate of drug-likeness (QED) is 0.667. The number of nitrogens with zero attached hydrogens (tertiary/aromatic N) is 1. The van der Waals surface area contributed by atoms with E-state index in [4.69, 9.17) is 0 Å². The second-order valence-electron chi connectivity index (χ2n) is 4.65. The molecule has 0 spiro atoms. The van der Waals surface area contributed by atoms with Crippen LogP contribution in [0.4, 0.5) is 15.8 Å². The molecular formula is C15H15FN2O2. The predicted molar refractivity (Wildman–Crippen MR) is 76.3 cm³/mol. The average molecular weight is 274 g/mol. The summed E-state index contributed by atoms with van der Waals surface area (Å²) in [4.78, 5) is 10.4. The monoisotopic (exact) mass is 274 g/mol. The van der Waals surface area contributed by atoms with Gasteiger partial charge < -0.3 is 5.32 Å². The molecule has 0 saturated carbocycles. The molecule has 0 heterocycles. The van der Waals surface area contributed by atoms with Gasteiger partial charge in [-0.05, 0) is 25.0 Å². The van der Waals surface area contributed by atoms with Crippen molar-refractivity contribution in [2.45, 2.75) is 19.4 Å². The normalized spacial score (nSPS) is 11.9. The van der Waals surface area contributed by atoms with Crippen LogP contribution in [0.5, 0.6) is 0 Å². The Morgan fingerprint density at radius 3 is 2.60 bits per heavy atom. The van der Waals surface area contributed by atoms with Crippen molar-refractivity contribution in [1.82, 2.24) is 0 Å². The van der Waals surface area contributed by atoms with Crippen molar-refractivity contribution < 1.29 is 9.31 Å². The van der Waals surface area contributed by atoms with E-state index >= 15 is 0 Å². The van der Waals surface area contributed by atoms with Gasteiger partial charge in [0.1, 0.15) is 11.5 Å². The van der Waals surface area contributed by atoms with Crippen molar-refractivity contribution in [2.24, 2.45) is 0 Å². The van der Waals surface area contributed by atoms with Crippen LogP contribution in [0.25, 0.3) is 0 Å². The van der Waals surface area contributed by atoms with Gasteiger partial charge >= 0.3 is 0 Å². The van der Waals surface area contributed by atoms with Crippen molar-refractivity contribution in [3.8, 4) is 0 Å². The number of anilines is 1. The van der Waals surface area contributed by atoms with Crippen LogP contribution < -0.4 is 5.32 Å². The van der Waals surface area contributed by atoms with E-state index in [0.717, 1.165) is 17.7 Å². The Morgan fingerprint density at radius 2 is 1.95 bits per heavy atom. The second-order valence-corrected chi connectivity index (χ2v) is 4.65. The van der Waals surface area contributed by atoms with Gasteiger partial charge in [0.2, 0.25) is 0 Å². The van der Waals surface area contributed by atoms with Gasteiger partial charge in [-0.1, -0.05) is 30.3 Å². The van der Waals surface area contributed by atoms with Gasteiger partial charge in [-0.3, -0.25) is 10.1 Å². The number of benzene rings is 2. The Labute approximate surface area is 116 Å². The molecule has 0 amide bonds. The molecule has 2 aromatic carbocycles. The maximum absolute atomic E-state index is 13.2. The number of hydrogen-bond acceptors (Lipinski definition) is 3. The van der Waals surface area contributed by atoms with Gasteiger partial charge in [-0.25, -0.2) is 4.39 Å². The highest BCUT2D eigenvalue weighted by Crippen LogP contribution is 2.26. The van der Waals surface area contributed by atoms with Crippen LogP contribution in [-0.4, -0.2) is 11.0 Å². The van der Waals surface area contributed by atoms with Crippen LogP contribution in [0.15, 0.2) is 48.5 Å². The molecule has 104 valence electrons. The van der Waals surface area contributed by atoms with Gasteiger partial charge in [0, 0.05) is 18.2 Å². The zero-order valence-corrected chi connectivity index (χ0v) is 11.0. The third-order valence-electron chi connectivity index (χ3n) is 2.94. The molecule has 0 aliphatic rings. The topological polar surface area (TPSA) is 55.2 Å². The van der Waals surface area contributed by atoms with Gasteiger partial charge in [0.15, 0.2) is 0 Å². The Morgan fingerprint density at radius 1 is 1.25 bits per heavy atom. The fraction of sp³-hybridized carbons (Fsp3) is 0.200. The summed E-state index contributed by atoms with van der Waals surface area (Å²) in [7, 11) is 0. The van der Waals surface area contributed by atoms with Crippen LogP contribution in [0.2, 0.25) is 0 Å². The van der Waals surface area contributed by atoms with E-state index in [1.165, 1.54) is 6.07 Å². The maximum Gasteiger partial charge on any atom is 0.292 e. The SMILES string of the molecule is CC(Cc1ccccc1)Nc1cc(F)ccc1[N+](=O)[O-]. The molecule has 1 unspecified atom stereocenters. The van der Waals surface area contributed by atoms with E-state index < -0.39 is 10.7 Å². The Bertz CT molecular complexity index is 602. The van der Waals surface area contributed by atoms with Crippen LogP contribution in [-0.2, 0) is 6.42 Å². The molecule has 0 radical (unpaired) electrons. The first-order valence-corrected chi connectivity index (χ1v) is 6.30. The zero-order valence-electron chi connectivity index (χ0n) is 11.0. The average Bonchev–Trinajstić information content (AvgIpc) is 2.39. The summed E-state index contributed by atoms with van der Waals surface area (Å²) in [6.07, 6.45) is 0.703. The van der Waals surface area contributed by atoms with Gasteiger partial charge in [-0.15, -0.1) is 0 Å². The van der Waals surface area contributed by atoms with Gasteiger partial charge in [-0.2, -0.15) is 0 Å². The summed E-state index contributed by atoms with van der Waals surface area (Å²) < 4.78 is 13.2. The minimum atomic E-state index is -0.517. The summed E-state index contributed by atoms with van der Waals surface area (Å²) in [5.74, 6) is -0.495. The van der Waals surface area contributed by atoms with E-state index in [1.807, 2.05) is 37.3 Å². The molecule has 1 N–H and O–H groups in total. The third-order valence-corrected chi connectivity index (χ3v) is 2.94. The lowest BCUT2D eigenvalue weighted by Gasteiger charge is -2.15. The Balaban J connectivity index is 2.13. The summed E-state index contributed by atoms with van der Waals surface area (Å²) in [6, 6.07) is 13.1. The molecule has 0 fully saturated rings. The Hall–Kier alpha value is -2.43. The maximum atomic E-state index is 13.2. The highest BCUT2D eigenvalue weighted by atomic mass is 19.1.